The molecule has 1 aliphatic rings. The first kappa shape index (κ1) is 18.8. The lowest BCUT2D eigenvalue weighted by atomic mass is 10.0. The average Bonchev–Trinajstić information content (AvgIpc) is 3.20. The molecule has 1 aromatic carbocycles. The number of aromatic nitrogens is 2. The molecule has 3 heterocycles. The van der Waals surface area contributed by atoms with Gasteiger partial charge in [-0.15, -0.1) is 11.3 Å². The third-order valence-corrected chi connectivity index (χ3v) is 6.05. The number of aryl methyl sites for hydroxylation is 1. The summed E-state index contributed by atoms with van der Waals surface area (Å²) in [5.74, 6) is -0.00109. The summed E-state index contributed by atoms with van der Waals surface area (Å²) in [5, 5.41) is 5.61. The SMILES string of the molecule is O=C(CCn1cnc2sccc2c1=O)NC1CCN(Cc2ccccc2)CC1. The molecule has 3 aromatic rings. The molecule has 0 saturated carbocycles. The van der Waals surface area contributed by atoms with Crippen molar-refractivity contribution < 1.29 is 4.79 Å². The number of fused-ring (bicyclic) bond motifs is 1. The molecule has 146 valence electrons. The first-order valence-corrected chi connectivity index (χ1v) is 10.6. The van der Waals surface area contributed by atoms with E-state index in [0.717, 1.165) is 37.3 Å². The normalized spacial score (nSPS) is 15.7. The van der Waals surface area contributed by atoms with Crippen LogP contribution in [0.1, 0.15) is 24.8 Å². The fourth-order valence-corrected chi connectivity index (χ4v) is 4.37. The van der Waals surface area contributed by atoms with Crippen LogP contribution in [0.3, 0.4) is 0 Å². The molecular formula is C21H24N4O2S. The van der Waals surface area contributed by atoms with Crippen LogP contribution in [-0.2, 0) is 17.9 Å². The Kier molecular flexibility index (Phi) is 5.83. The lowest BCUT2D eigenvalue weighted by Gasteiger charge is -2.32. The second-order valence-corrected chi connectivity index (χ2v) is 8.13. The molecule has 1 N–H and O–H groups in total. The van der Waals surface area contributed by atoms with Gasteiger partial charge in [0.25, 0.3) is 5.56 Å². The van der Waals surface area contributed by atoms with Gasteiger partial charge in [-0.1, -0.05) is 30.3 Å². The average molecular weight is 397 g/mol. The van der Waals surface area contributed by atoms with Gasteiger partial charge in [0, 0.05) is 38.6 Å². The second kappa shape index (κ2) is 8.67. The lowest BCUT2D eigenvalue weighted by Crippen LogP contribution is -2.44. The summed E-state index contributed by atoms with van der Waals surface area (Å²) in [6.07, 6.45) is 3.75. The van der Waals surface area contributed by atoms with Crippen molar-refractivity contribution in [2.24, 2.45) is 0 Å². The molecule has 0 radical (unpaired) electrons. The third-order valence-electron chi connectivity index (χ3n) is 5.23. The van der Waals surface area contributed by atoms with Crippen LogP contribution in [0.25, 0.3) is 10.2 Å². The molecule has 0 unspecified atom stereocenters. The molecule has 1 amide bonds. The number of hydrogen-bond acceptors (Lipinski definition) is 5. The van der Waals surface area contributed by atoms with Crippen molar-refractivity contribution in [3.63, 3.8) is 0 Å². The predicted molar refractivity (Wildman–Crippen MR) is 111 cm³/mol. The lowest BCUT2D eigenvalue weighted by molar-refractivity contribution is -0.122. The molecule has 28 heavy (non-hydrogen) atoms. The summed E-state index contributed by atoms with van der Waals surface area (Å²) in [4.78, 5) is 32.2. The zero-order valence-corrected chi connectivity index (χ0v) is 16.5. The van der Waals surface area contributed by atoms with Crippen molar-refractivity contribution in [1.29, 1.82) is 0 Å². The van der Waals surface area contributed by atoms with Crippen LogP contribution in [0.2, 0.25) is 0 Å². The fraction of sp³-hybridized carbons (Fsp3) is 0.381. The Hall–Kier alpha value is -2.51. The molecule has 0 bridgehead atoms. The van der Waals surface area contributed by atoms with Gasteiger partial charge in [0.15, 0.2) is 0 Å². The Bertz CT molecular complexity index is 990. The van der Waals surface area contributed by atoms with E-state index in [-0.39, 0.29) is 17.5 Å². The maximum atomic E-state index is 12.4. The topological polar surface area (TPSA) is 67.2 Å². The number of carbonyl (C=O) groups is 1. The number of piperidine rings is 1. The molecule has 0 spiro atoms. The Morgan fingerprint density at radius 3 is 2.75 bits per heavy atom. The zero-order chi connectivity index (χ0) is 19.3. The molecular weight excluding hydrogens is 372 g/mol. The highest BCUT2D eigenvalue weighted by Gasteiger charge is 2.20. The molecule has 1 aliphatic heterocycles. The Labute approximate surface area is 167 Å². The number of amides is 1. The van der Waals surface area contributed by atoms with Crippen molar-refractivity contribution in [3.05, 3.63) is 64.0 Å². The van der Waals surface area contributed by atoms with Crippen molar-refractivity contribution >= 4 is 27.5 Å². The minimum atomic E-state index is -0.0757. The number of rotatable bonds is 6. The Balaban J connectivity index is 1.23. The number of likely N-dealkylation sites (tertiary alicyclic amines) is 1. The van der Waals surface area contributed by atoms with E-state index >= 15 is 0 Å². The Morgan fingerprint density at radius 1 is 1.18 bits per heavy atom. The summed E-state index contributed by atoms with van der Waals surface area (Å²) in [5.41, 5.74) is 1.25. The molecule has 2 aromatic heterocycles. The van der Waals surface area contributed by atoms with Gasteiger partial charge < -0.3 is 5.32 Å². The number of nitrogens with zero attached hydrogens (tertiary/aromatic N) is 3. The number of nitrogens with one attached hydrogen (secondary N) is 1. The van der Waals surface area contributed by atoms with Crippen LogP contribution in [-0.4, -0.2) is 39.5 Å². The predicted octanol–water partition coefficient (Wildman–Crippen LogP) is 2.63. The van der Waals surface area contributed by atoms with Crippen LogP contribution in [0, 0.1) is 0 Å². The van der Waals surface area contributed by atoms with E-state index in [2.05, 4.69) is 39.5 Å². The molecule has 7 heteroatoms. The molecule has 0 atom stereocenters. The molecule has 6 nitrogen and oxygen atoms in total. The maximum Gasteiger partial charge on any atom is 0.262 e. The van der Waals surface area contributed by atoms with E-state index in [9.17, 15) is 9.59 Å². The van der Waals surface area contributed by atoms with Crippen molar-refractivity contribution in [2.75, 3.05) is 13.1 Å². The summed E-state index contributed by atoms with van der Waals surface area (Å²) < 4.78 is 1.52. The summed E-state index contributed by atoms with van der Waals surface area (Å²) in [6.45, 7) is 3.29. The zero-order valence-electron chi connectivity index (χ0n) is 15.7. The van der Waals surface area contributed by atoms with Gasteiger partial charge in [0.05, 0.1) is 11.7 Å². The minimum absolute atomic E-state index is 0.00109. The third kappa shape index (κ3) is 4.48. The quantitative estimate of drug-likeness (QED) is 0.696. The van der Waals surface area contributed by atoms with Crippen molar-refractivity contribution in [1.82, 2.24) is 19.8 Å². The first-order valence-electron chi connectivity index (χ1n) is 9.67. The van der Waals surface area contributed by atoms with Crippen LogP contribution in [0.4, 0.5) is 0 Å². The van der Waals surface area contributed by atoms with Gasteiger partial charge in [0.1, 0.15) is 4.83 Å². The van der Waals surface area contributed by atoms with Gasteiger partial charge in [-0.3, -0.25) is 19.1 Å². The Morgan fingerprint density at radius 2 is 1.96 bits per heavy atom. The van der Waals surface area contributed by atoms with Crippen molar-refractivity contribution in [2.45, 2.75) is 38.4 Å². The van der Waals surface area contributed by atoms with E-state index in [1.54, 1.807) is 6.07 Å². The molecule has 1 fully saturated rings. The van der Waals surface area contributed by atoms with E-state index in [0.29, 0.717) is 18.4 Å². The van der Waals surface area contributed by atoms with E-state index < -0.39 is 0 Å². The number of carbonyl (C=O) groups excluding carboxylic acids is 1. The van der Waals surface area contributed by atoms with Gasteiger partial charge in [0.2, 0.25) is 5.91 Å². The van der Waals surface area contributed by atoms with E-state index in [1.165, 1.54) is 27.8 Å². The molecule has 4 rings (SSSR count). The summed E-state index contributed by atoms with van der Waals surface area (Å²) in [6, 6.07) is 12.5. The van der Waals surface area contributed by atoms with Gasteiger partial charge in [-0.25, -0.2) is 4.98 Å². The number of hydrogen-bond donors (Lipinski definition) is 1. The number of benzene rings is 1. The molecule has 1 saturated heterocycles. The van der Waals surface area contributed by atoms with Crippen molar-refractivity contribution in [3.8, 4) is 0 Å². The fourth-order valence-electron chi connectivity index (χ4n) is 3.65. The smallest absolute Gasteiger partial charge is 0.262 e. The van der Waals surface area contributed by atoms with Crippen LogP contribution >= 0.6 is 11.3 Å². The minimum Gasteiger partial charge on any atom is -0.353 e. The van der Waals surface area contributed by atoms with Crippen LogP contribution < -0.4 is 10.9 Å². The maximum absolute atomic E-state index is 12.4. The largest absolute Gasteiger partial charge is 0.353 e. The van der Waals surface area contributed by atoms with E-state index in [4.69, 9.17) is 0 Å². The summed E-state index contributed by atoms with van der Waals surface area (Å²) >= 11 is 1.45. The first-order chi connectivity index (χ1) is 13.7. The van der Waals surface area contributed by atoms with Crippen LogP contribution in [0.15, 0.2) is 52.9 Å². The molecule has 0 aliphatic carbocycles. The van der Waals surface area contributed by atoms with Gasteiger partial charge in [-0.05, 0) is 29.9 Å². The van der Waals surface area contributed by atoms with Crippen LogP contribution in [0.5, 0.6) is 0 Å². The van der Waals surface area contributed by atoms with Gasteiger partial charge in [-0.2, -0.15) is 0 Å². The van der Waals surface area contributed by atoms with Gasteiger partial charge >= 0.3 is 0 Å². The second-order valence-electron chi connectivity index (χ2n) is 7.24. The highest BCUT2D eigenvalue weighted by atomic mass is 32.1. The standard InChI is InChI=1S/C21H24N4O2S/c26-19(8-12-25-15-22-20-18(21(25)27)9-13-28-20)23-17-6-10-24(11-7-17)14-16-4-2-1-3-5-16/h1-5,9,13,15,17H,6-8,10-12,14H2,(H,23,26). The highest BCUT2D eigenvalue weighted by Crippen LogP contribution is 2.15. The summed E-state index contributed by atoms with van der Waals surface area (Å²) in [7, 11) is 0. The number of thiophene rings is 1. The highest BCUT2D eigenvalue weighted by molar-refractivity contribution is 7.16. The van der Waals surface area contributed by atoms with E-state index in [1.807, 2.05) is 11.4 Å². The monoisotopic (exact) mass is 396 g/mol.